The van der Waals surface area contributed by atoms with Gasteiger partial charge in [-0.05, 0) is 18.6 Å². The number of thiol groups is 1. The highest BCUT2D eigenvalue weighted by atomic mass is 32.1. The summed E-state index contributed by atoms with van der Waals surface area (Å²) in [7, 11) is 0. The highest BCUT2D eigenvalue weighted by Crippen LogP contribution is 2.18. The van der Waals surface area contributed by atoms with Gasteiger partial charge in [0.05, 0.1) is 23.7 Å². The molecule has 0 saturated heterocycles. The number of nitrogen functional groups attached to an aromatic ring is 1. The lowest BCUT2D eigenvalue weighted by molar-refractivity contribution is 0.0310. The second-order valence-electron chi connectivity index (χ2n) is 3.16. The van der Waals surface area contributed by atoms with Gasteiger partial charge >= 0.3 is 0 Å². The van der Waals surface area contributed by atoms with Crippen molar-refractivity contribution < 1.29 is 10.2 Å². The summed E-state index contributed by atoms with van der Waals surface area (Å²) in [5.41, 5.74) is 7.40. The first-order chi connectivity index (χ1) is 6.56. The normalized spacial score (nSPS) is 15.1. The summed E-state index contributed by atoms with van der Waals surface area (Å²) < 4.78 is 0. The fraction of sp³-hybridized carbons (Fsp3) is 0.444. The lowest BCUT2D eigenvalue weighted by Crippen LogP contribution is -2.20. The van der Waals surface area contributed by atoms with E-state index in [0.717, 1.165) is 5.56 Å². The monoisotopic (exact) mass is 214 g/mol. The summed E-state index contributed by atoms with van der Waals surface area (Å²) in [4.78, 5) is 3.94. The van der Waals surface area contributed by atoms with Crippen LogP contribution in [0.1, 0.15) is 17.4 Å². The first-order valence-corrected chi connectivity index (χ1v) is 4.88. The molecule has 1 heterocycles. The van der Waals surface area contributed by atoms with Crippen LogP contribution < -0.4 is 5.73 Å². The maximum absolute atomic E-state index is 9.60. The van der Waals surface area contributed by atoms with Crippen LogP contribution in [0, 0.1) is 6.92 Å². The summed E-state index contributed by atoms with van der Waals surface area (Å²) >= 11 is 3.89. The molecule has 1 rings (SSSR count). The first kappa shape index (κ1) is 11.3. The Morgan fingerprint density at radius 1 is 1.57 bits per heavy atom. The zero-order valence-corrected chi connectivity index (χ0v) is 8.78. The van der Waals surface area contributed by atoms with Crippen molar-refractivity contribution in [2.45, 2.75) is 19.1 Å². The van der Waals surface area contributed by atoms with E-state index >= 15 is 0 Å². The molecule has 14 heavy (non-hydrogen) atoms. The number of aryl methyl sites for hydroxylation is 1. The molecule has 0 saturated carbocycles. The molecular weight excluding hydrogens is 200 g/mol. The number of hydrogen-bond donors (Lipinski definition) is 4. The first-order valence-electron chi connectivity index (χ1n) is 4.25. The molecule has 0 spiro atoms. The molecule has 5 heteroatoms. The molecule has 0 bridgehead atoms. The van der Waals surface area contributed by atoms with Crippen molar-refractivity contribution >= 4 is 18.3 Å². The fourth-order valence-electron chi connectivity index (χ4n) is 1.05. The molecule has 1 aromatic heterocycles. The van der Waals surface area contributed by atoms with Crippen LogP contribution in [0.3, 0.4) is 0 Å². The van der Waals surface area contributed by atoms with Crippen molar-refractivity contribution in [2.75, 3.05) is 11.5 Å². The number of aliphatic hydroxyl groups excluding tert-OH is 2. The van der Waals surface area contributed by atoms with Gasteiger partial charge in [-0.1, -0.05) is 0 Å². The zero-order chi connectivity index (χ0) is 10.7. The third kappa shape index (κ3) is 2.37. The molecule has 4 N–H and O–H groups in total. The SMILES string of the molecule is Cc1cc(C(O)C(O)CS)ncc1N. The smallest absolute Gasteiger partial charge is 0.123 e. The standard InChI is InChI=1S/C9H14N2O2S/c1-5-2-7(11-3-6(5)10)9(13)8(12)4-14/h2-3,8-9,12-14H,4,10H2,1H3. The van der Waals surface area contributed by atoms with Crippen LogP contribution in [-0.2, 0) is 0 Å². The van der Waals surface area contributed by atoms with Crippen LogP contribution in [0.25, 0.3) is 0 Å². The highest BCUT2D eigenvalue weighted by Gasteiger charge is 2.18. The molecule has 0 aliphatic rings. The zero-order valence-electron chi connectivity index (χ0n) is 7.88. The van der Waals surface area contributed by atoms with Crippen LogP contribution in [0.15, 0.2) is 12.3 Å². The van der Waals surface area contributed by atoms with Crippen molar-refractivity contribution in [1.29, 1.82) is 0 Å². The Morgan fingerprint density at radius 2 is 2.21 bits per heavy atom. The number of nitrogens with zero attached hydrogens (tertiary/aromatic N) is 1. The Labute approximate surface area is 88.2 Å². The molecule has 0 aliphatic carbocycles. The molecule has 0 radical (unpaired) electrons. The van der Waals surface area contributed by atoms with Crippen molar-refractivity contribution in [1.82, 2.24) is 4.98 Å². The van der Waals surface area contributed by atoms with Gasteiger partial charge in [0.15, 0.2) is 0 Å². The Balaban J connectivity index is 2.91. The van der Waals surface area contributed by atoms with Gasteiger partial charge in [0, 0.05) is 5.75 Å². The number of anilines is 1. The lowest BCUT2D eigenvalue weighted by Gasteiger charge is -2.15. The summed E-state index contributed by atoms with van der Waals surface area (Å²) in [6.07, 6.45) is -0.445. The number of aromatic nitrogens is 1. The van der Waals surface area contributed by atoms with Crippen molar-refractivity contribution in [3.8, 4) is 0 Å². The van der Waals surface area contributed by atoms with Gasteiger partial charge in [0.25, 0.3) is 0 Å². The lowest BCUT2D eigenvalue weighted by atomic mass is 10.1. The minimum atomic E-state index is -1.01. The maximum Gasteiger partial charge on any atom is 0.123 e. The van der Waals surface area contributed by atoms with Crippen LogP contribution in [0.5, 0.6) is 0 Å². The topological polar surface area (TPSA) is 79.4 Å². The van der Waals surface area contributed by atoms with E-state index in [1.165, 1.54) is 6.20 Å². The van der Waals surface area contributed by atoms with Gasteiger partial charge < -0.3 is 15.9 Å². The summed E-state index contributed by atoms with van der Waals surface area (Å²) in [6.45, 7) is 1.82. The molecular formula is C9H14N2O2S. The predicted molar refractivity (Wildman–Crippen MR) is 58.2 cm³/mol. The Morgan fingerprint density at radius 3 is 2.71 bits per heavy atom. The third-order valence-corrected chi connectivity index (χ3v) is 2.40. The second kappa shape index (κ2) is 4.63. The molecule has 1 aromatic rings. The fourth-order valence-corrected chi connectivity index (χ4v) is 1.25. The third-order valence-electron chi connectivity index (χ3n) is 2.03. The van der Waals surface area contributed by atoms with Crippen molar-refractivity contribution in [3.63, 3.8) is 0 Å². The van der Waals surface area contributed by atoms with Gasteiger partial charge in [-0.15, -0.1) is 0 Å². The minimum Gasteiger partial charge on any atom is -0.397 e. The van der Waals surface area contributed by atoms with Gasteiger partial charge in [-0.3, -0.25) is 4.98 Å². The minimum absolute atomic E-state index is 0.187. The molecule has 4 nitrogen and oxygen atoms in total. The van der Waals surface area contributed by atoms with Crippen LogP contribution >= 0.6 is 12.6 Å². The van der Waals surface area contributed by atoms with E-state index in [1.807, 2.05) is 6.92 Å². The van der Waals surface area contributed by atoms with Gasteiger partial charge in [-0.2, -0.15) is 12.6 Å². The van der Waals surface area contributed by atoms with Crippen molar-refractivity contribution in [3.05, 3.63) is 23.5 Å². The largest absolute Gasteiger partial charge is 0.397 e. The van der Waals surface area contributed by atoms with E-state index in [9.17, 15) is 10.2 Å². The Kier molecular flexibility index (Phi) is 3.74. The number of rotatable bonds is 3. The van der Waals surface area contributed by atoms with Crippen LogP contribution in [-0.4, -0.2) is 27.1 Å². The van der Waals surface area contributed by atoms with Crippen LogP contribution in [0.4, 0.5) is 5.69 Å². The molecule has 2 atom stereocenters. The quantitative estimate of drug-likeness (QED) is 0.546. The number of nitrogens with two attached hydrogens (primary N) is 1. The van der Waals surface area contributed by atoms with E-state index in [0.29, 0.717) is 11.4 Å². The number of hydrogen-bond acceptors (Lipinski definition) is 5. The molecule has 0 aromatic carbocycles. The summed E-state index contributed by atoms with van der Waals surface area (Å²) in [6, 6.07) is 1.66. The van der Waals surface area contributed by atoms with Crippen LogP contribution in [0.2, 0.25) is 0 Å². The molecule has 0 amide bonds. The van der Waals surface area contributed by atoms with E-state index < -0.39 is 12.2 Å². The van der Waals surface area contributed by atoms with E-state index in [-0.39, 0.29) is 5.75 Å². The molecule has 0 fully saturated rings. The van der Waals surface area contributed by atoms with E-state index in [2.05, 4.69) is 17.6 Å². The van der Waals surface area contributed by atoms with Crippen molar-refractivity contribution in [2.24, 2.45) is 0 Å². The summed E-state index contributed by atoms with van der Waals surface area (Å²) in [5, 5.41) is 18.9. The molecule has 0 aliphatic heterocycles. The van der Waals surface area contributed by atoms with E-state index in [4.69, 9.17) is 5.73 Å². The van der Waals surface area contributed by atoms with E-state index in [1.54, 1.807) is 6.07 Å². The highest BCUT2D eigenvalue weighted by molar-refractivity contribution is 7.80. The van der Waals surface area contributed by atoms with Gasteiger partial charge in [-0.25, -0.2) is 0 Å². The number of aliphatic hydroxyl groups is 2. The Bertz CT molecular complexity index is 320. The average Bonchev–Trinajstić information content (AvgIpc) is 2.20. The summed E-state index contributed by atoms with van der Waals surface area (Å²) in [5.74, 6) is 0.187. The second-order valence-corrected chi connectivity index (χ2v) is 3.53. The molecule has 2 unspecified atom stereocenters. The number of pyridine rings is 1. The Hall–Kier alpha value is -0.780. The predicted octanol–water partition coefficient (Wildman–Crippen LogP) is 0.296. The van der Waals surface area contributed by atoms with Gasteiger partial charge in [0.1, 0.15) is 6.10 Å². The maximum atomic E-state index is 9.60. The average molecular weight is 214 g/mol. The molecule has 78 valence electrons. The van der Waals surface area contributed by atoms with Gasteiger partial charge in [0.2, 0.25) is 0 Å².